The van der Waals surface area contributed by atoms with Crippen LogP contribution in [0.25, 0.3) is 0 Å². The average Bonchev–Trinajstić information content (AvgIpc) is 2.68. The number of carboxylic acid groups (broad SMARTS) is 3. The second kappa shape index (κ2) is 14.0. The molecule has 0 aliphatic carbocycles. The molecule has 0 spiro atoms. The molecule has 0 aromatic heterocycles. The van der Waals surface area contributed by atoms with Gasteiger partial charge in [-0.25, -0.2) is 4.79 Å². The number of nitrogens with one attached hydrogen (secondary N) is 3. The van der Waals surface area contributed by atoms with Gasteiger partial charge >= 0.3 is 17.9 Å². The molecule has 0 fully saturated rings. The van der Waals surface area contributed by atoms with Gasteiger partial charge in [-0.3, -0.25) is 24.0 Å². The van der Waals surface area contributed by atoms with Crippen molar-refractivity contribution in [2.75, 3.05) is 0 Å². The summed E-state index contributed by atoms with van der Waals surface area (Å²) in [7, 11) is 0. The van der Waals surface area contributed by atoms with E-state index in [-0.39, 0.29) is 12.3 Å². The summed E-state index contributed by atoms with van der Waals surface area (Å²) < 4.78 is 0. The first-order chi connectivity index (χ1) is 15.2. The lowest BCUT2D eigenvalue weighted by Crippen LogP contribution is -2.59. The van der Waals surface area contributed by atoms with Crippen LogP contribution >= 0.6 is 0 Å². The van der Waals surface area contributed by atoms with Crippen LogP contribution in [0, 0.1) is 11.8 Å². The molecule has 0 saturated heterocycles. The van der Waals surface area contributed by atoms with Crippen LogP contribution in [0.15, 0.2) is 0 Å². The van der Waals surface area contributed by atoms with E-state index < -0.39 is 78.6 Å². The summed E-state index contributed by atoms with van der Waals surface area (Å²) >= 11 is 0. The third-order valence-corrected chi connectivity index (χ3v) is 4.86. The van der Waals surface area contributed by atoms with Gasteiger partial charge in [0, 0.05) is 0 Å². The molecule has 13 nitrogen and oxygen atoms in total. The SMILES string of the molecule is CCC(C)C(NC(=O)C(N)CC(=O)O)C(=O)NC(CC(=O)O)C(=O)NC(CC(C)C)C(=O)O. The quantitative estimate of drug-likeness (QED) is 0.151. The molecule has 0 saturated carbocycles. The van der Waals surface area contributed by atoms with E-state index in [1.807, 2.05) is 0 Å². The zero-order valence-electron chi connectivity index (χ0n) is 19.2. The molecule has 0 rings (SSSR count). The maximum absolute atomic E-state index is 12.8. The highest BCUT2D eigenvalue weighted by Gasteiger charge is 2.33. The first kappa shape index (κ1) is 29.8. The fourth-order valence-corrected chi connectivity index (χ4v) is 2.85. The highest BCUT2D eigenvalue weighted by Crippen LogP contribution is 2.10. The monoisotopic (exact) mass is 474 g/mol. The normalized spacial score (nSPS) is 15.5. The second-order valence-corrected chi connectivity index (χ2v) is 8.26. The molecule has 0 aliphatic heterocycles. The van der Waals surface area contributed by atoms with Crippen LogP contribution in [0.1, 0.15) is 53.4 Å². The van der Waals surface area contributed by atoms with Crippen molar-refractivity contribution >= 4 is 35.6 Å². The minimum atomic E-state index is -1.61. The van der Waals surface area contributed by atoms with Gasteiger partial charge < -0.3 is 37.0 Å². The molecule has 0 radical (unpaired) electrons. The molecular weight excluding hydrogens is 440 g/mol. The van der Waals surface area contributed by atoms with Crippen molar-refractivity contribution in [3.63, 3.8) is 0 Å². The summed E-state index contributed by atoms with van der Waals surface area (Å²) in [6, 6.07) is -5.56. The molecule has 8 N–H and O–H groups in total. The number of carboxylic acids is 3. The minimum absolute atomic E-state index is 0.0843. The maximum atomic E-state index is 12.8. The molecule has 0 aromatic rings. The molecule has 0 heterocycles. The van der Waals surface area contributed by atoms with Crippen LogP contribution in [-0.2, 0) is 28.8 Å². The number of amides is 3. The van der Waals surface area contributed by atoms with Crippen LogP contribution in [0.4, 0.5) is 0 Å². The Bertz CT molecular complexity index is 741. The van der Waals surface area contributed by atoms with Gasteiger partial charge in [-0.05, 0) is 18.3 Å². The zero-order chi connectivity index (χ0) is 25.9. The van der Waals surface area contributed by atoms with Crippen LogP contribution in [0.5, 0.6) is 0 Å². The van der Waals surface area contributed by atoms with E-state index in [2.05, 4.69) is 16.0 Å². The lowest BCUT2D eigenvalue weighted by atomic mass is 9.97. The summed E-state index contributed by atoms with van der Waals surface area (Å²) in [6.07, 6.45) is -1.01. The molecule has 3 amide bonds. The van der Waals surface area contributed by atoms with Gasteiger partial charge in [0.1, 0.15) is 18.1 Å². The first-order valence-electron chi connectivity index (χ1n) is 10.5. The van der Waals surface area contributed by atoms with Gasteiger partial charge in [0.2, 0.25) is 17.7 Å². The molecule has 0 aliphatic rings. The first-order valence-corrected chi connectivity index (χ1v) is 10.5. The molecule has 33 heavy (non-hydrogen) atoms. The molecule has 5 unspecified atom stereocenters. The number of nitrogens with two attached hydrogens (primary N) is 1. The number of hydrogen-bond donors (Lipinski definition) is 7. The van der Waals surface area contributed by atoms with Crippen molar-refractivity contribution in [2.24, 2.45) is 17.6 Å². The van der Waals surface area contributed by atoms with E-state index in [1.165, 1.54) is 0 Å². The van der Waals surface area contributed by atoms with Gasteiger partial charge in [0.15, 0.2) is 0 Å². The number of rotatable bonds is 15. The lowest BCUT2D eigenvalue weighted by molar-refractivity contribution is -0.144. The van der Waals surface area contributed by atoms with Crippen molar-refractivity contribution < 1.29 is 44.1 Å². The molecule has 5 atom stereocenters. The Hall–Kier alpha value is -3.22. The van der Waals surface area contributed by atoms with Crippen LogP contribution in [0.3, 0.4) is 0 Å². The summed E-state index contributed by atoms with van der Waals surface area (Å²) in [5.41, 5.74) is 5.52. The van der Waals surface area contributed by atoms with Crippen molar-refractivity contribution in [1.29, 1.82) is 0 Å². The Balaban J connectivity index is 5.59. The molecule has 0 aromatic carbocycles. The van der Waals surface area contributed by atoms with E-state index in [0.717, 1.165) is 0 Å². The highest BCUT2D eigenvalue weighted by molar-refractivity contribution is 5.96. The fraction of sp³-hybridized carbons (Fsp3) is 0.700. The van der Waals surface area contributed by atoms with E-state index in [1.54, 1.807) is 27.7 Å². The molecule has 13 heteroatoms. The van der Waals surface area contributed by atoms with Gasteiger partial charge in [0.25, 0.3) is 0 Å². The van der Waals surface area contributed by atoms with Crippen molar-refractivity contribution in [3.8, 4) is 0 Å². The Labute approximate surface area is 191 Å². The van der Waals surface area contributed by atoms with Crippen LogP contribution in [-0.4, -0.2) is 75.1 Å². The number of carbonyl (C=O) groups excluding carboxylic acids is 3. The zero-order valence-corrected chi connectivity index (χ0v) is 19.2. The van der Waals surface area contributed by atoms with E-state index >= 15 is 0 Å². The van der Waals surface area contributed by atoms with Crippen LogP contribution < -0.4 is 21.7 Å². The maximum Gasteiger partial charge on any atom is 0.326 e. The van der Waals surface area contributed by atoms with Gasteiger partial charge in [-0.1, -0.05) is 34.1 Å². The third-order valence-electron chi connectivity index (χ3n) is 4.86. The van der Waals surface area contributed by atoms with E-state index in [0.29, 0.717) is 6.42 Å². The predicted molar refractivity (Wildman–Crippen MR) is 115 cm³/mol. The van der Waals surface area contributed by atoms with Crippen molar-refractivity contribution in [3.05, 3.63) is 0 Å². The van der Waals surface area contributed by atoms with Gasteiger partial charge in [0.05, 0.1) is 18.9 Å². The number of carbonyl (C=O) groups is 6. The number of hydrogen-bond acceptors (Lipinski definition) is 7. The summed E-state index contributed by atoms with van der Waals surface area (Å²) in [5.74, 6) is -7.40. The average molecular weight is 475 g/mol. The molecular formula is C20H34N4O9. The van der Waals surface area contributed by atoms with Crippen molar-refractivity contribution in [2.45, 2.75) is 77.5 Å². The Kier molecular flexibility index (Phi) is 12.7. The Morgan fingerprint density at radius 2 is 1.27 bits per heavy atom. The summed E-state index contributed by atoms with van der Waals surface area (Å²) in [5, 5.41) is 34.0. The standard InChI is InChI=1S/C20H34N4O9/c1-5-10(4)16(24-17(29)11(21)7-14(25)26)19(31)22-12(8-15(27)28)18(30)23-13(20(32)33)6-9(2)3/h9-13,16H,5-8,21H2,1-4H3,(H,22,31)(H,23,30)(H,24,29)(H,25,26)(H,27,28)(H,32,33). The predicted octanol–water partition coefficient (Wildman–Crippen LogP) is -1.11. The second-order valence-electron chi connectivity index (χ2n) is 8.26. The number of aliphatic carboxylic acids is 3. The Morgan fingerprint density at radius 3 is 1.70 bits per heavy atom. The smallest absolute Gasteiger partial charge is 0.326 e. The summed E-state index contributed by atoms with van der Waals surface area (Å²) in [6.45, 7) is 6.82. The lowest BCUT2D eigenvalue weighted by Gasteiger charge is -2.27. The minimum Gasteiger partial charge on any atom is -0.481 e. The van der Waals surface area contributed by atoms with Crippen molar-refractivity contribution in [1.82, 2.24) is 16.0 Å². The topological polar surface area (TPSA) is 225 Å². The molecule has 0 bridgehead atoms. The van der Waals surface area contributed by atoms with Gasteiger partial charge in [-0.15, -0.1) is 0 Å². The highest BCUT2D eigenvalue weighted by atomic mass is 16.4. The fourth-order valence-electron chi connectivity index (χ4n) is 2.85. The van der Waals surface area contributed by atoms with Crippen LogP contribution in [0.2, 0.25) is 0 Å². The van der Waals surface area contributed by atoms with Gasteiger partial charge in [-0.2, -0.15) is 0 Å². The Morgan fingerprint density at radius 1 is 0.758 bits per heavy atom. The molecule has 188 valence electrons. The third kappa shape index (κ3) is 11.3. The summed E-state index contributed by atoms with van der Waals surface area (Å²) in [4.78, 5) is 71.1. The largest absolute Gasteiger partial charge is 0.481 e. The van der Waals surface area contributed by atoms with E-state index in [9.17, 15) is 33.9 Å². The van der Waals surface area contributed by atoms with E-state index in [4.69, 9.17) is 15.9 Å².